The van der Waals surface area contributed by atoms with Crippen molar-refractivity contribution in [1.29, 1.82) is 0 Å². The molecule has 0 bridgehead atoms. The van der Waals surface area contributed by atoms with Gasteiger partial charge in [-0.2, -0.15) is 48.3 Å². The van der Waals surface area contributed by atoms with Crippen LogP contribution >= 0.6 is 0 Å². The van der Waals surface area contributed by atoms with Gasteiger partial charge in [-0.25, -0.2) is 0 Å². The number of halogens is 11. The lowest BCUT2D eigenvalue weighted by molar-refractivity contribution is -0.463. The Labute approximate surface area is 111 Å². The summed E-state index contributed by atoms with van der Waals surface area (Å²) in [5.41, 5.74) is 0. The zero-order valence-corrected chi connectivity index (χ0v) is 10.2. The molecule has 0 N–H and O–H groups in total. The second kappa shape index (κ2) is 5.76. The van der Waals surface area contributed by atoms with E-state index in [1.54, 1.807) is 0 Å². The lowest BCUT2D eigenvalue weighted by Crippen LogP contribution is -2.68. The standard InChI is InChI=1S/C9H9F11O/c1-2-3-4-21-7(14,9(18,19)20)5(10,11)6(12,13)8(15,16)17/h2-4H2,1H3. The summed E-state index contributed by atoms with van der Waals surface area (Å²) in [4.78, 5) is 0. The van der Waals surface area contributed by atoms with Crippen LogP contribution in [0.3, 0.4) is 0 Å². The van der Waals surface area contributed by atoms with Crippen molar-refractivity contribution >= 4 is 0 Å². The third kappa shape index (κ3) is 3.34. The van der Waals surface area contributed by atoms with Crippen molar-refractivity contribution in [3.63, 3.8) is 0 Å². The fraction of sp³-hybridized carbons (Fsp3) is 1.00. The average molecular weight is 342 g/mol. The van der Waals surface area contributed by atoms with Crippen LogP contribution in [0.2, 0.25) is 0 Å². The molecule has 12 heteroatoms. The fourth-order valence-electron chi connectivity index (χ4n) is 1.09. The molecular weight excluding hydrogens is 333 g/mol. The van der Waals surface area contributed by atoms with Crippen LogP contribution in [0.1, 0.15) is 19.8 Å². The highest BCUT2D eigenvalue weighted by atomic mass is 19.4. The Morgan fingerprint density at radius 2 is 1.10 bits per heavy atom. The van der Waals surface area contributed by atoms with Crippen LogP contribution in [-0.4, -0.2) is 36.7 Å². The maximum absolute atomic E-state index is 13.3. The molecule has 0 fully saturated rings. The highest BCUT2D eigenvalue weighted by molar-refractivity contribution is 5.04. The van der Waals surface area contributed by atoms with Crippen LogP contribution < -0.4 is 0 Å². The first kappa shape index (κ1) is 20.2. The van der Waals surface area contributed by atoms with Crippen molar-refractivity contribution < 1.29 is 53.0 Å². The van der Waals surface area contributed by atoms with Crippen molar-refractivity contribution in [3.8, 4) is 0 Å². The number of hydrogen-bond donors (Lipinski definition) is 0. The number of rotatable bonds is 6. The molecule has 0 aliphatic carbocycles. The Bertz CT molecular complexity index is 345. The Balaban J connectivity index is 5.82. The second-order valence-electron chi connectivity index (χ2n) is 3.94. The van der Waals surface area contributed by atoms with E-state index in [9.17, 15) is 48.3 Å². The molecule has 0 rings (SSSR count). The van der Waals surface area contributed by atoms with Crippen LogP contribution in [0.25, 0.3) is 0 Å². The third-order valence-corrected chi connectivity index (χ3v) is 2.32. The fourth-order valence-corrected chi connectivity index (χ4v) is 1.09. The maximum Gasteiger partial charge on any atom is 0.460 e. The highest BCUT2D eigenvalue weighted by Gasteiger charge is 2.87. The summed E-state index contributed by atoms with van der Waals surface area (Å²) in [6.45, 7) is -0.116. The predicted octanol–water partition coefficient (Wildman–Crippen LogP) is 4.86. The van der Waals surface area contributed by atoms with Gasteiger partial charge >= 0.3 is 30.1 Å². The van der Waals surface area contributed by atoms with Gasteiger partial charge in [0, 0.05) is 0 Å². The molecule has 21 heavy (non-hydrogen) atoms. The minimum atomic E-state index is -7.28. The summed E-state index contributed by atoms with van der Waals surface area (Å²) in [6, 6.07) is 0. The molecule has 0 aromatic carbocycles. The molecular formula is C9H9F11O. The Kier molecular flexibility index (Phi) is 5.54. The molecule has 0 spiro atoms. The van der Waals surface area contributed by atoms with E-state index in [-0.39, 0.29) is 6.42 Å². The van der Waals surface area contributed by atoms with E-state index in [1.807, 2.05) is 0 Å². The van der Waals surface area contributed by atoms with Crippen LogP contribution in [0.15, 0.2) is 0 Å². The SMILES string of the molecule is CCCCOC(F)(C(F)(F)F)C(F)(F)C(F)(F)C(F)(F)F. The van der Waals surface area contributed by atoms with Crippen LogP contribution in [0, 0.1) is 0 Å². The van der Waals surface area contributed by atoms with Gasteiger partial charge in [0.15, 0.2) is 0 Å². The van der Waals surface area contributed by atoms with E-state index in [0.29, 0.717) is 0 Å². The molecule has 0 heterocycles. The van der Waals surface area contributed by atoms with E-state index in [1.165, 1.54) is 6.92 Å². The summed E-state index contributed by atoms with van der Waals surface area (Å²) in [5, 5.41) is 0. The summed E-state index contributed by atoms with van der Waals surface area (Å²) in [7, 11) is 0. The van der Waals surface area contributed by atoms with Crippen molar-refractivity contribution in [2.45, 2.75) is 49.8 Å². The molecule has 0 saturated carbocycles. The van der Waals surface area contributed by atoms with E-state index < -0.39 is 43.1 Å². The summed E-state index contributed by atoms with van der Waals surface area (Å²) < 4.78 is 140. The van der Waals surface area contributed by atoms with Crippen LogP contribution in [0.5, 0.6) is 0 Å². The normalized spacial score (nSPS) is 17.7. The third-order valence-electron chi connectivity index (χ3n) is 2.32. The molecule has 0 amide bonds. The Morgan fingerprint density at radius 3 is 1.38 bits per heavy atom. The number of hydrogen-bond acceptors (Lipinski definition) is 1. The van der Waals surface area contributed by atoms with Gasteiger partial charge < -0.3 is 4.74 Å². The molecule has 0 aromatic rings. The van der Waals surface area contributed by atoms with E-state index >= 15 is 0 Å². The van der Waals surface area contributed by atoms with Crippen molar-refractivity contribution in [1.82, 2.24) is 0 Å². The van der Waals surface area contributed by atoms with Gasteiger partial charge in [-0.3, -0.25) is 0 Å². The van der Waals surface area contributed by atoms with Gasteiger partial charge in [-0.15, -0.1) is 0 Å². The largest absolute Gasteiger partial charge is 0.460 e. The van der Waals surface area contributed by atoms with Crippen LogP contribution in [0.4, 0.5) is 48.3 Å². The first-order valence-electron chi connectivity index (χ1n) is 5.28. The first-order chi connectivity index (χ1) is 9.06. The average Bonchev–Trinajstić information content (AvgIpc) is 2.25. The quantitative estimate of drug-likeness (QED) is 0.495. The minimum absolute atomic E-state index is 0.00479. The van der Waals surface area contributed by atoms with Crippen molar-refractivity contribution in [3.05, 3.63) is 0 Å². The molecule has 0 aliphatic rings. The van der Waals surface area contributed by atoms with E-state index in [0.717, 1.165) is 0 Å². The minimum Gasteiger partial charge on any atom is -0.334 e. The predicted molar refractivity (Wildman–Crippen MR) is 46.7 cm³/mol. The smallest absolute Gasteiger partial charge is 0.334 e. The Hall–Kier alpha value is -0.810. The molecule has 0 saturated heterocycles. The molecule has 0 aromatic heterocycles. The highest BCUT2D eigenvalue weighted by Crippen LogP contribution is 2.57. The number of ether oxygens (including phenoxy) is 1. The molecule has 0 radical (unpaired) electrons. The van der Waals surface area contributed by atoms with Crippen LogP contribution in [-0.2, 0) is 4.74 Å². The summed E-state index contributed by atoms with van der Waals surface area (Å²) in [5.74, 6) is -21.0. The van der Waals surface area contributed by atoms with Gasteiger partial charge in [0.25, 0.3) is 0 Å². The molecule has 128 valence electrons. The number of alkyl halides is 11. The maximum atomic E-state index is 13.3. The summed E-state index contributed by atoms with van der Waals surface area (Å²) >= 11 is 0. The first-order valence-corrected chi connectivity index (χ1v) is 5.28. The van der Waals surface area contributed by atoms with Crippen molar-refractivity contribution in [2.75, 3.05) is 6.61 Å². The molecule has 1 unspecified atom stereocenters. The second-order valence-corrected chi connectivity index (χ2v) is 3.94. The molecule has 1 nitrogen and oxygen atoms in total. The zero-order chi connectivity index (χ0) is 17.3. The topological polar surface area (TPSA) is 9.23 Å². The molecule has 0 aliphatic heterocycles. The molecule has 1 atom stereocenters. The number of unbranched alkanes of at least 4 members (excludes halogenated alkanes) is 1. The lowest BCUT2D eigenvalue weighted by atomic mass is 10.0. The van der Waals surface area contributed by atoms with Gasteiger partial charge in [-0.1, -0.05) is 13.3 Å². The monoisotopic (exact) mass is 342 g/mol. The van der Waals surface area contributed by atoms with Crippen molar-refractivity contribution in [2.24, 2.45) is 0 Å². The zero-order valence-electron chi connectivity index (χ0n) is 10.2. The van der Waals surface area contributed by atoms with Gasteiger partial charge in [0.1, 0.15) is 0 Å². The van der Waals surface area contributed by atoms with E-state index in [2.05, 4.69) is 4.74 Å². The van der Waals surface area contributed by atoms with Gasteiger partial charge in [0.2, 0.25) is 0 Å². The summed E-state index contributed by atoms with van der Waals surface area (Å²) in [6.07, 6.45) is -14.4. The van der Waals surface area contributed by atoms with Gasteiger partial charge in [0.05, 0.1) is 6.61 Å². The lowest BCUT2D eigenvalue weighted by Gasteiger charge is -2.38. The van der Waals surface area contributed by atoms with Gasteiger partial charge in [-0.05, 0) is 6.42 Å². The van der Waals surface area contributed by atoms with E-state index in [4.69, 9.17) is 0 Å². The Morgan fingerprint density at radius 1 is 0.667 bits per heavy atom.